The quantitative estimate of drug-likeness (QED) is 0.482. The largest absolute Gasteiger partial charge is 0.772 e. The molecule has 0 fully saturated rings. The molecule has 0 N–H and O–H groups in total. The van der Waals surface area contributed by atoms with Gasteiger partial charge in [0.2, 0.25) is 0 Å². The molecule has 0 aliphatic heterocycles. The molecule has 1 atom stereocenters. The lowest BCUT2D eigenvalue weighted by Crippen LogP contribution is -2.03. The number of ketones is 1. The Bertz CT molecular complexity index is 408. The fourth-order valence-electron chi connectivity index (χ4n) is 1.07. The van der Waals surface area contributed by atoms with Gasteiger partial charge in [-0.05, 0) is 39.1 Å². The minimum Gasteiger partial charge on any atom is -0.772 e. The molecule has 0 saturated heterocycles. The van der Waals surface area contributed by atoms with Gasteiger partial charge in [-0.1, -0.05) is 6.92 Å². The molecule has 0 aliphatic rings. The van der Waals surface area contributed by atoms with Crippen molar-refractivity contribution >= 4 is 32.8 Å². The molecule has 0 bridgehead atoms. The van der Waals surface area contributed by atoms with Crippen LogP contribution < -0.4 is 0 Å². The first-order chi connectivity index (χ1) is 7.04. The maximum Gasteiger partial charge on any atom is 0.165 e. The average Bonchev–Trinajstić information content (AvgIpc) is 2.16. The molecule has 1 unspecified atom stereocenters. The number of aromatic nitrogens is 1. The van der Waals surface area contributed by atoms with E-state index in [4.69, 9.17) is 0 Å². The van der Waals surface area contributed by atoms with E-state index in [1.807, 2.05) is 0 Å². The summed E-state index contributed by atoms with van der Waals surface area (Å²) in [5.41, 5.74) is 0.904. The van der Waals surface area contributed by atoms with Crippen LogP contribution in [0.15, 0.2) is 16.7 Å². The summed E-state index contributed by atoms with van der Waals surface area (Å²) in [6.07, 6.45) is 0.396. The number of pyridine rings is 1. The van der Waals surface area contributed by atoms with Crippen molar-refractivity contribution in [2.45, 2.75) is 19.1 Å². The number of carbonyl (C=O) groups is 1. The standard InChI is InChI=1S/C9H10BrNO3S/c1-2-8(12)7-4-3-6(5-15(13)14)11-9(7)10/h3-4H,2,5H2,1H3,(H,13,14)/p-1. The zero-order valence-corrected chi connectivity index (χ0v) is 10.4. The third kappa shape index (κ3) is 3.48. The van der Waals surface area contributed by atoms with E-state index in [1.54, 1.807) is 19.1 Å². The van der Waals surface area contributed by atoms with E-state index in [0.717, 1.165) is 0 Å². The fraction of sp³-hybridized carbons (Fsp3) is 0.333. The molecule has 1 aromatic heterocycles. The molecular weight excluding hydrogens is 282 g/mol. The van der Waals surface area contributed by atoms with Crippen LogP contribution in [0.2, 0.25) is 0 Å². The second-order valence-corrected chi connectivity index (χ2v) is 4.51. The summed E-state index contributed by atoms with van der Waals surface area (Å²) in [6.45, 7) is 1.76. The van der Waals surface area contributed by atoms with Gasteiger partial charge in [-0.2, -0.15) is 0 Å². The highest BCUT2D eigenvalue weighted by Gasteiger charge is 2.09. The van der Waals surface area contributed by atoms with Gasteiger partial charge >= 0.3 is 0 Å². The molecule has 0 aliphatic carbocycles. The number of hydrogen-bond acceptors (Lipinski definition) is 4. The first-order valence-corrected chi connectivity index (χ1v) is 6.32. The Morgan fingerprint density at radius 2 is 2.27 bits per heavy atom. The highest BCUT2D eigenvalue weighted by Crippen LogP contribution is 2.17. The van der Waals surface area contributed by atoms with Crippen LogP contribution in [0.4, 0.5) is 0 Å². The smallest absolute Gasteiger partial charge is 0.165 e. The van der Waals surface area contributed by atoms with Gasteiger partial charge in [-0.15, -0.1) is 0 Å². The second kappa shape index (κ2) is 5.48. The van der Waals surface area contributed by atoms with Gasteiger partial charge in [0.25, 0.3) is 0 Å². The number of carbonyl (C=O) groups excluding carboxylic acids is 1. The van der Waals surface area contributed by atoms with Crippen molar-refractivity contribution in [3.8, 4) is 0 Å². The average molecular weight is 291 g/mol. The molecule has 0 radical (unpaired) electrons. The van der Waals surface area contributed by atoms with Gasteiger partial charge in [0.1, 0.15) is 4.60 Å². The maximum absolute atomic E-state index is 11.4. The predicted octanol–water partition coefficient (Wildman–Crippen LogP) is 1.82. The molecular formula is C9H9BrNO3S-. The zero-order chi connectivity index (χ0) is 11.4. The molecule has 1 aromatic rings. The number of Topliss-reactive ketones (excluding diaryl/α,β-unsaturated/α-hetero) is 1. The highest BCUT2D eigenvalue weighted by molar-refractivity contribution is 9.10. The lowest BCUT2D eigenvalue weighted by Gasteiger charge is -2.06. The molecule has 0 spiro atoms. The second-order valence-electron chi connectivity index (χ2n) is 2.87. The molecule has 4 nitrogen and oxygen atoms in total. The molecule has 82 valence electrons. The third-order valence-electron chi connectivity index (χ3n) is 1.79. The summed E-state index contributed by atoms with van der Waals surface area (Å²) in [5.74, 6) is -0.164. The lowest BCUT2D eigenvalue weighted by atomic mass is 10.1. The lowest BCUT2D eigenvalue weighted by molar-refractivity contribution is 0.0987. The monoisotopic (exact) mass is 290 g/mol. The van der Waals surface area contributed by atoms with E-state index >= 15 is 0 Å². The molecule has 1 heterocycles. The van der Waals surface area contributed by atoms with E-state index in [9.17, 15) is 13.6 Å². The van der Waals surface area contributed by atoms with Gasteiger partial charge in [0.15, 0.2) is 5.78 Å². The van der Waals surface area contributed by atoms with Gasteiger partial charge in [-0.25, -0.2) is 4.98 Å². The SMILES string of the molecule is CCC(=O)c1ccc(CS(=O)[O-])nc1Br. The Kier molecular flexibility index (Phi) is 4.56. The van der Waals surface area contributed by atoms with Gasteiger partial charge < -0.3 is 4.55 Å². The van der Waals surface area contributed by atoms with Crippen molar-refractivity contribution in [3.05, 3.63) is 28.0 Å². The van der Waals surface area contributed by atoms with Crippen LogP contribution in [-0.4, -0.2) is 19.5 Å². The molecule has 0 aromatic carbocycles. The van der Waals surface area contributed by atoms with Gasteiger partial charge in [0, 0.05) is 6.42 Å². The summed E-state index contributed by atoms with van der Waals surface area (Å²) in [4.78, 5) is 15.4. The zero-order valence-electron chi connectivity index (χ0n) is 8.03. The Balaban J connectivity index is 2.97. The summed E-state index contributed by atoms with van der Waals surface area (Å²) < 4.78 is 21.3. The molecule has 0 saturated carbocycles. The topological polar surface area (TPSA) is 70.1 Å². The van der Waals surface area contributed by atoms with Crippen LogP contribution >= 0.6 is 15.9 Å². The van der Waals surface area contributed by atoms with Crippen molar-refractivity contribution in [1.82, 2.24) is 4.98 Å². The molecule has 6 heteroatoms. The van der Waals surface area contributed by atoms with Crippen molar-refractivity contribution in [2.75, 3.05) is 0 Å². The van der Waals surface area contributed by atoms with Crippen molar-refractivity contribution in [3.63, 3.8) is 0 Å². The summed E-state index contributed by atoms with van der Waals surface area (Å²) >= 11 is 0.983. The summed E-state index contributed by atoms with van der Waals surface area (Å²) in [5, 5.41) is 0. The van der Waals surface area contributed by atoms with E-state index in [-0.39, 0.29) is 11.5 Å². The minimum absolute atomic E-state index is 0.0239. The van der Waals surface area contributed by atoms with Crippen LogP contribution in [0.5, 0.6) is 0 Å². The minimum atomic E-state index is -2.16. The first kappa shape index (κ1) is 12.5. The third-order valence-corrected chi connectivity index (χ3v) is 2.93. The van der Waals surface area contributed by atoms with E-state index in [1.165, 1.54) is 0 Å². The van der Waals surface area contributed by atoms with Crippen molar-refractivity contribution in [2.24, 2.45) is 0 Å². The molecule has 1 rings (SSSR count). The summed E-state index contributed by atoms with van der Waals surface area (Å²) in [6, 6.07) is 3.13. The highest BCUT2D eigenvalue weighted by atomic mass is 79.9. The van der Waals surface area contributed by atoms with Crippen LogP contribution in [0.1, 0.15) is 29.4 Å². The number of hydrogen-bond donors (Lipinski definition) is 0. The number of rotatable bonds is 4. The van der Waals surface area contributed by atoms with Crippen molar-refractivity contribution in [1.29, 1.82) is 0 Å². The van der Waals surface area contributed by atoms with Gasteiger partial charge in [0.05, 0.1) is 17.0 Å². The van der Waals surface area contributed by atoms with E-state index in [2.05, 4.69) is 20.9 Å². The normalized spacial score (nSPS) is 12.5. The van der Waals surface area contributed by atoms with Crippen LogP contribution in [0.3, 0.4) is 0 Å². The Labute approximate surface area is 98.5 Å². The van der Waals surface area contributed by atoms with Crippen molar-refractivity contribution < 1.29 is 13.6 Å². The molecule has 15 heavy (non-hydrogen) atoms. The molecule has 0 amide bonds. The van der Waals surface area contributed by atoms with Crippen LogP contribution in [0, 0.1) is 0 Å². The number of halogens is 1. The number of nitrogens with zero attached hydrogens (tertiary/aromatic N) is 1. The summed E-state index contributed by atoms with van der Waals surface area (Å²) in [7, 11) is 0. The maximum atomic E-state index is 11.4. The van der Waals surface area contributed by atoms with Crippen LogP contribution in [0.25, 0.3) is 0 Å². The van der Waals surface area contributed by atoms with E-state index < -0.39 is 11.1 Å². The predicted molar refractivity (Wildman–Crippen MR) is 59.2 cm³/mol. The fourth-order valence-corrected chi connectivity index (χ4v) is 2.05. The van der Waals surface area contributed by atoms with E-state index in [0.29, 0.717) is 22.3 Å². The first-order valence-electron chi connectivity index (χ1n) is 4.29. The van der Waals surface area contributed by atoms with Gasteiger partial charge in [-0.3, -0.25) is 9.00 Å². The van der Waals surface area contributed by atoms with Crippen LogP contribution in [-0.2, 0) is 16.8 Å². The Morgan fingerprint density at radius 3 is 2.73 bits per heavy atom. The Morgan fingerprint density at radius 1 is 1.60 bits per heavy atom. The Hall–Kier alpha value is -0.590.